The van der Waals surface area contributed by atoms with E-state index in [1.54, 1.807) is 6.07 Å². The first-order valence-electron chi connectivity index (χ1n) is 10.6. The highest BCUT2D eigenvalue weighted by molar-refractivity contribution is 9.10. The Hall–Kier alpha value is -1.64. The highest BCUT2D eigenvalue weighted by Crippen LogP contribution is 2.38. The van der Waals surface area contributed by atoms with Crippen molar-refractivity contribution < 1.29 is 14.6 Å². The normalized spacial score (nSPS) is 27.3. The summed E-state index contributed by atoms with van der Waals surface area (Å²) in [5.74, 6) is 1.18. The van der Waals surface area contributed by atoms with Crippen LogP contribution in [0.2, 0.25) is 0 Å². The molecule has 2 aromatic carbocycles. The first-order chi connectivity index (χ1) is 14.5. The number of nitrogens with zero attached hydrogens (tertiary/aromatic N) is 1. The van der Waals surface area contributed by atoms with Gasteiger partial charge in [-0.05, 0) is 37.6 Å². The Kier molecular flexibility index (Phi) is 6.95. The lowest BCUT2D eigenvalue weighted by molar-refractivity contribution is -0.0699. The number of halogens is 1. The van der Waals surface area contributed by atoms with Crippen LogP contribution in [0.3, 0.4) is 0 Å². The van der Waals surface area contributed by atoms with E-state index in [4.69, 9.17) is 9.47 Å². The summed E-state index contributed by atoms with van der Waals surface area (Å²) >= 11 is 3.49. The number of benzene rings is 2. The zero-order valence-corrected chi connectivity index (χ0v) is 19.1. The fourth-order valence-corrected chi connectivity index (χ4v) is 4.71. The molecule has 0 spiro atoms. The zero-order chi connectivity index (χ0) is 21.1. The van der Waals surface area contributed by atoms with E-state index >= 15 is 0 Å². The lowest BCUT2D eigenvalue weighted by Crippen LogP contribution is -2.46. The molecular formula is C23H30BrN3O3. The first-order valence-corrected chi connectivity index (χ1v) is 11.4. The third-order valence-corrected chi connectivity index (χ3v) is 6.32. The highest BCUT2D eigenvalue weighted by atomic mass is 79.9. The van der Waals surface area contributed by atoms with Crippen molar-refractivity contribution in [3.05, 3.63) is 58.1 Å². The van der Waals surface area contributed by atoms with Crippen LogP contribution >= 0.6 is 15.9 Å². The second-order valence-electron chi connectivity index (χ2n) is 8.25. The lowest BCUT2D eigenvalue weighted by atomic mass is 9.88. The van der Waals surface area contributed by atoms with Crippen molar-refractivity contribution in [2.75, 3.05) is 32.8 Å². The van der Waals surface area contributed by atoms with Crippen LogP contribution < -0.4 is 15.6 Å². The van der Waals surface area contributed by atoms with Crippen LogP contribution in [-0.2, 0) is 4.74 Å². The van der Waals surface area contributed by atoms with E-state index in [0.29, 0.717) is 12.4 Å². The summed E-state index contributed by atoms with van der Waals surface area (Å²) in [6.45, 7) is 8.30. The van der Waals surface area contributed by atoms with Crippen LogP contribution in [0.25, 0.3) is 0 Å². The lowest BCUT2D eigenvalue weighted by Gasteiger charge is -2.35. The van der Waals surface area contributed by atoms with Crippen LogP contribution in [0.5, 0.6) is 11.5 Å². The Morgan fingerprint density at radius 3 is 2.57 bits per heavy atom. The molecule has 4 rings (SSSR count). The predicted octanol–water partition coefficient (Wildman–Crippen LogP) is 3.58. The largest absolute Gasteiger partial charge is 0.507 e. The number of aromatic hydroxyl groups is 1. The molecule has 0 amide bonds. The molecule has 2 aliphatic rings. The van der Waals surface area contributed by atoms with E-state index in [1.165, 1.54) is 5.56 Å². The minimum atomic E-state index is -0.00319. The summed E-state index contributed by atoms with van der Waals surface area (Å²) in [5.41, 5.74) is 8.65. The van der Waals surface area contributed by atoms with Crippen LogP contribution in [0.4, 0.5) is 0 Å². The maximum Gasteiger partial charge on any atom is 0.124 e. The minimum absolute atomic E-state index is 0.00319. The Morgan fingerprint density at radius 1 is 1.13 bits per heavy atom. The van der Waals surface area contributed by atoms with Gasteiger partial charge in [0.25, 0.3) is 0 Å². The van der Waals surface area contributed by atoms with E-state index in [0.717, 1.165) is 36.2 Å². The number of phenols is 1. The molecule has 0 aliphatic carbocycles. The molecule has 6 nitrogen and oxygen atoms in total. The highest BCUT2D eigenvalue weighted by Gasteiger charge is 2.31. The number of hydrogen-bond donors (Lipinski definition) is 3. The van der Waals surface area contributed by atoms with Crippen LogP contribution in [0.1, 0.15) is 36.9 Å². The Labute approximate surface area is 186 Å². The summed E-state index contributed by atoms with van der Waals surface area (Å²) in [5, 5.41) is 10.7. The molecule has 0 aromatic heterocycles. The van der Waals surface area contributed by atoms with Gasteiger partial charge in [0.2, 0.25) is 0 Å². The zero-order valence-electron chi connectivity index (χ0n) is 17.5. The number of hydrazine groups is 1. The maximum atomic E-state index is 10.7. The van der Waals surface area contributed by atoms with Gasteiger partial charge in [-0.25, -0.2) is 5.43 Å². The topological polar surface area (TPSA) is 66.0 Å². The minimum Gasteiger partial charge on any atom is -0.507 e. The summed E-state index contributed by atoms with van der Waals surface area (Å²) in [6.07, 6.45) is 0.506. The average molecular weight is 476 g/mol. The van der Waals surface area contributed by atoms with Crippen molar-refractivity contribution >= 4 is 15.9 Å². The van der Waals surface area contributed by atoms with Gasteiger partial charge in [0, 0.05) is 48.2 Å². The molecule has 0 radical (unpaired) electrons. The third kappa shape index (κ3) is 5.15. The molecule has 0 bridgehead atoms. The molecule has 30 heavy (non-hydrogen) atoms. The van der Waals surface area contributed by atoms with Gasteiger partial charge in [-0.3, -0.25) is 10.3 Å². The summed E-state index contributed by atoms with van der Waals surface area (Å²) in [4.78, 5) is 2.37. The van der Waals surface area contributed by atoms with Gasteiger partial charge in [-0.2, -0.15) is 0 Å². The molecule has 2 heterocycles. The molecule has 7 heteroatoms. The van der Waals surface area contributed by atoms with Crippen LogP contribution in [0, 0.1) is 0 Å². The quantitative estimate of drug-likeness (QED) is 0.593. The molecule has 3 N–H and O–H groups in total. The van der Waals surface area contributed by atoms with Crippen molar-refractivity contribution in [1.29, 1.82) is 0 Å². The smallest absolute Gasteiger partial charge is 0.124 e. The average Bonchev–Trinajstić information content (AvgIpc) is 3.17. The van der Waals surface area contributed by atoms with Crippen LogP contribution in [0.15, 0.2) is 46.9 Å². The van der Waals surface area contributed by atoms with Crippen molar-refractivity contribution in [1.82, 2.24) is 15.8 Å². The van der Waals surface area contributed by atoms with Crippen molar-refractivity contribution in [2.45, 2.75) is 38.0 Å². The first kappa shape index (κ1) is 21.6. The van der Waals surface area contributed by atoms with E-state index < -0.39 is 0 Å². The fourth-order valence-electron chi connectivity index (χ4n) is 4.45. The number of phenolic OH excluding ortho intramolecular Hbond substituents is 1. The molecule has 2 saturated heterocycles. The SMILES string of the molecule is CC1CN(CCOc2ccc(C3NNCC3c3ccc(Br)cc3)c(O)c2)CC(C)O1. The third-order valence-electron chi connectivity index (χ3n) is 5.79. The van der Waals surface area contributed by atoms with Gasteiger partial charge >= 0.3 is 0 Å². The Balaban J connectivity index is 1.37. The molecule has 2 fully saturated rings. The molecule has 0 saturated carbocycles. The monoisotopic (exact) mass is 475 g/mol. The van der Waals surface area contributed by atoms with E-state index in [-0.39, 0.29) is 29.9 Å². The maximum absolute atomic E-state index is 10.7. The molecule has 162 valence electrons. The predicted molar refractivity (Wildman–Crippen MR) is 121 cm³/mol. The molecule has 2 aromatic rings. The van der Waals surface area contributed by atoms with Crippen molar-refractivity contribution in [3.63, 3.8) is 0 Å². The second-order valence-corrected chi connectivity index (χ2v) is 9.16. The van der Waals surface area contributed by atoms with Gasteiger partial charge in [-0.1, -0.05) is 34.1 Å². The van der Waals surface area contributed by atoms with E-state index in [1.807, 2.05) is 12.1 Å². The number of nitrogens with one attached hydrogen (secondary N) is 2. The van der Waals surface area contributed by atoms with Gasteiger partial charge in [0.15, 0.2) is 0 Å². The number of morpholine rings is 1. The molecule has 2 aliphatic heterocycles. The summed E-state index contributed by atoms with van der Waals surface area (Å²) < 4.78 is 12.8. The van der Waals surface area contributed by atoms with E-state index in [2.05, 4.69) is 69.8 Å². The molecular weight excluding hydrogens is 446 g/mol. The van der Waals surface area contributed by atoms with Gasteiger partial charge in [0.05, 0.1) is 18.2 Å². The van der Waals surface area contributed by atoms with Crippen LogP contribution in [-0.4, -0.2) is 55.0 Å². The number of ether oxygens (including phenoxy) is 2. The summed E-state index contributed by atoms with van der Waals surface area (Å²) in [7, 11) is 0. The van der Waals surface area contributed by atoms with Gasteiger partial charge < -0.3 is 14.6 Å². The Bertz CT molecular complexity index is 838. The van der Waals surface area contributed by atoms with Crippen molar-refractivity contribution in [3.8, 4) is 11.5 Å². The van der Waals surface area contributed by atoms with E-state index in [9.17, 15) is 5.11 Å². The number of hydrogen-bond acceptors (Lipinski definition) is 6. The Morgan fingerprint density at radius 2 is 1.87 bits per heavy atom. The molecule has 4 unspecified atom stereocenters. The standard InChI is InChI=1S/C23H30BrN3O3/c1-15-13-27(14-16(2)30-15)9-10-29-19-7-8-20(22(28)11-19)23-21(12-25-26-23)17-3-5-18(24)6-4-17/h3-8,11,15-16,21,23,25-26,28H,9-10,12-14H2,1-2H3. The molecule has 4 atom stereocenters. The van der Waals surface area contributed by atoms with Crippen molar-refractivity contribution in [2.24, 2.45) is 0 Å². The van der Waals surface area contributed by atoms with Gasteiger partial charge in [-0.15, -0.1) is 0 Å². The summed E-state index contributed by atoms with van der Waals surface area (Å²) in [6, 6.07) is 14.0. The second kappa shape index (κ2) is 9.66. The fraction of sp³-hybridized carbons (Fsp3) is 0.478. The van der Waals surface area contributed by atoms with Gasteiger partial charge in [0.1, 0.15) is 18.1 Å². The number of rotatable bonds is 6.